The quantitative estimate of drug-likeness (QED) is 0.723. The zero-order valence-corrected chi connectivity index (χ0v) is 12.7. The summed E-state index contributed by atoms with van der Waals surface area (Å²) in [6.07, 6.45) is 3.05. The Morgan fingerprint density at radius 3 is 2.68 bits per heavy atom. The number of benzene rings is 1. The minimum absolute atomic E-state index is 0.0128. The minimum Gasteiger partial charge on any atom is -0.481 e. The molecule has 1 aliphatic rings. The first-order valence-electron chi connectivity index (χ1n) is 7.79. The lowest BCUT2D eigenvalue weighted by molar-refractivity contribution is -0.141. The van der Waals surface area contributed by atoms with Gasteiger partial charge in [-0.2, -0.15) is 0 Å². The van der Waals surface area contributed by atoms with Gasteiger partial charge in [0.15, 0.2) is 0 Å². The van der Waals surface area contributed by atoms with Gasteiger partial charge in [0, 0.05) is 19.1 Å². The Morgan fingerprint density at radius 1 is 1.23 bits per heavy atom. The lowest BCUT2D eigenvalue weighted by atomic mass is 10.1. The number of amides is 1. The second-order valence-electron chi connectivity index (χ2n) is 5.75. The van der Waals surface area contributed by atoms with Gasteiger partial charge in [0.1, 0.15) is 0 Å². The summed E-state index contributed by atoms with van der Waals surface area (Å²) in [5, 5.41) is 11.8. The normalized spacial score (nSPS) is 20.7. The van der Waals surface area contributed by atoms with E-state index in [2.05, 4.69) is 5.32 Å². The third-order valence-corrected chi connectivity index (χ3v) is 3.95. The van der Waals surface area contributed by atoms with Crippen molar-refractivity contribution in [3.8, 4) is 0 Å². The van der Waals surface area contributed by atoms with E-state index in [0.717, 1.165) is 12.0 Å². The molecule has 0 radical (unpaired) electrons. The maximum Gasteiger partial charge on any atom is 0.306 e. The predicted octanol–water partition coefficient (Wildman–Crippen LogP) is 2.35. The summed E-state index contributed by atoms with van der Waals surface area (Å²) in [7, 11) is 0. The molecule has 0 unspecified atom stereocenters. The number of ether oxygens (including phenoxy) is 1. The second kappa shape index (κ2) is 8.54. The van der Waals surface area contributed by atoms with Crippen LogP contribution < -0.4 is 5.32 Å². The molecule has 1 fully saturated rings. The van der Waals surface area contributed by atoms with Gasteiger partial charge < -0.3 is 15.2 Å². The van der Waals surface area contributed by atoms with E-state index >= 15 is 0 Å². The van der Waals surface area contributed by atoms with Crippen LogP contribution in [0.25, 0.3) is 0 Å². The highest BCUT2D eigenvalue weighted by Crippen LogP contribution is 2.25. The average molecular weight is 305 g/mol. The minimum atomic E-state index is -0.758. The van der Waals surface area contributed by atoms with Crippen molar-refractivity contribution in [1.29, 1.82) is 0 Å². The predicted molar refractivity (Wildman–Crippen MR) is 82.2 cm³/mol. The zero-order chi connectivity index (χ0) is 15.8. The lowest BCUT2D eigenvalue weighted by Crippen LogP contribution is -2.33. The van der Waals surface area contributed by atoms with Crippen LogP contribution in [0.5, 0.6) is 0 Å². The highest BCUT2D eigenvalue weighted by molar-refractivity contribution is 5.76. The number of hydrogen-bond acceptors (Lipinski definition) is 3. The first-order valence-corrected chi connectivity index (χ1v) is 7.79. The molecular formula is C17H23NO4. The van der Waals surface area contributed by atoms with Crippen molar-refractivity contribution >= 4 is 11.9 Å². The summed E-state index contributed by atoms with van der Waals surface area (Å²) < 4.78 is 5.53. The molecule has 0 bridgehead atoms. The van der Waals surface area contributed by atoms with Crippen LogP contribution in [0.15, 0.2) is 30.3 Å². The molecular weight excluding hydrogens is 282 g/mol. The maximum atomic E-state index is 11.8. The standard InChI is InChI=1S/C17H23NO4/c19-16(18-15-9-8-14(11-15)17(20)21)7-4-10-22-12-13-5-2-1-3-6-13/h1-3,5-6,14-15H,4,7-12H2,(H,18,19)(H,20,21)/t14-,15+/m0/s1. The van der Waals surface area contributed by atoms with Crippen LogP contribution in [0.1, 0.15) is 37.7 Å². The van der Waals surface area contributed by atoms with Crippen LogP contribution in [0.3, 0.4) is 0 Å². The van der Waals surface area contributed by atoms with Crippen molar-refractivity contribution in [2.75, 3.05) is 6.61 Å². The topological polar surface area (TPSA) is 75.6 Å². The molecule has 5 nitrogen and oxygen atoms in total. The second-order valence-corrected chi connectivity index (χ2v) is 5.75. The number of carbonyl (C=O) groups excluding carboxylic acids is 1. The smallest absolute Gasteiger partial charge is 0.306 e. The molecule has 1 saturated carbocycles. The van der Waals surface area contributed by atoms with Crippen LogP contribution in [0, 0.1) is 5.92 Å². The van der Waals surface area contributed by atoms with Gasteiger partial charge in [0.2, 0.25) is 5.91 Å². The molecule has 1 aliphatic carbocycles. The van der Waals surface area contributed by atoms with Crippen LogP contribution in [0.4, 0.5) is 0 Å². The fourth-order valence-corrected chi connectivity index (χ4v) is 2.74. The average Bonchev–Trinajstić information content (AvgIpc) is 2.96. The lowest BCUT2D eigenvalue weighted by Gasteiger charge is -2.12. The fraction of sp³-hybridized carbons (Fsp3) is 0.529. The monoisotopic (exact) mass is 305 g/mol. The molecule has 0 heterocycles. The van der Waals surface area contributed by atoms with E-state index in [1.807, 2.05) is 30.3 Å². The van der Waals surface area contributed by atoms with Gasteiger partial charge in [-0.25, -0.2) is 0 Å². The molecule has 0 saturated heterocycles. The number of carboxylic acid groups (broad SMARTS) is 1. The highest BCUT2D eigenvalue weighted by atomic mass is 16.5. The molecule has 2 N–H and O–H groups in total. The Morgan fingerprint density at radius 2 is 2.00 bits per heavy atom. The van der Waals surface area contributed by atoms with Gasteiger partial charge in [-0.1, -0.05) is 30.3 Å². The number of rotatable bonds is 8. The third kappa shape index (κ3) is 5.48. The van der Waals surface area contributed by atoms with Crippen molar-refractivity contribution < 1.29 is 19.4 Å². The molecule has 22 heavy (non-hydrogen) atoms. The van der Waals surface area contributed by atoms with Gasteiger partial charge in [-0.15, -0.1) is 0 Å². The largest absolute Gasteiger partial charge is 0.481 e. The van der Waals surface area contributed by atoms with E-state index < -0.39 is 5.97 Å². The van der Waals surface area contributed by atoms with Gasteiger partial charge in [0.25, 0.3) is 0 Å². The Kier molecular flexibility index (Phi) is 6.40. The zero-order valence-electron chi connectivity index (χ0n) is 12.7. The summed E-state index contributed by atoms with van der Waals surface area (Å²) in [4.78, 5) is 22.7. The number of aliphatic carboxylic acids is 1. The molecule has 1 amide bonds. The summed E-state index contributed by atoms with van der Waals surface area (Å²) in [6.45, 7) is 1.11. The first kappa shape index (κ1) is 16.5. The van der Waals surface area contributed by atoms with E-state index in [0.29, 0.717) is 38.9 Å². The van der Waals surface area contributed by atoms with E-state index in [4.69, 9.17) is 9.84 Å². The van der Waals surface area contributed by atoms with Gasteiger partial charge in [-0.3, -0.25) is 9.59 Å². The van der Waals surface area contributed by atoms with Crippen molar-refractivity contribution in [2.45, 2.75) is 44.8 Å². The molecule has 1 aromatic carbocycles. The van der Waals surface area contributed by atoms with Crippen LogP contribution >= 0.6 is 0 Å². The van der Waals surface area contributed by atoms with Crippen LogP contribution in [-0.2, 0) is 20.9 Å². The van der Waals surface area contributed by atoms with E-state index in [-0.39, 0.29) is 17.9 Å². The van der Waals surface area contributed by atoms with E-state index in [1.54, 1.807) is 0 Å². The molecule has 1 aromatic rings. The first-order chi connectivity index (χ1) is 10.6. The molecule has 5 heteroatoms. The molecule has 2 rings (SSSR count). The van der Waals surface area contributed by atoms with Crippen LogP contribution in [0.2, 0.25) is 0 Å². The number of hydrogen-bond donors (Lipinski definition) is 2. The van der Waals surface area contributed by atoms with Crippen molar-refractivity contribution in [2.24, 2.45) is 5.92 Å². The van der Waals surface area contributed by atoms with Crippen molar-refractivity contribution in [1.82, 2.24) is 5.32 Å². The fourth-order valence-electron chi connectivity index (χ4n) is 2.74. The Balaban J connectivity index is 1.54. The van der Waals surface area contributed by atoms with Gasteiger partial charge in [-0.05, 0) is 31.2 Å². The van der Waals surface area contributed by atoms with E-state index in [9.17, 15) is 9.59 Å². The number of carbonyl (C=O) groups is 2. The Hall–Kier alpha value is -1.88. The SMILES string of the molecule is O=C(CCCOCc1ccccc1)N[C@@H]1CC[C@H](C(=O)O)C1. The van der Waals surface area contributed by atoms with Gasteiger partial charge >= 0.3 is 5.97 Å². The van der Waals surface area contributed by atoms with Crippen molar-refractivity contribution in [3.05, 3.63) is 35.9 Å². The number of carboxylic acids is 1. The van der Waals surface area contributed by atoms with Crippen LogP contribution in [-0.4, -0.2) is 29.6 Å². The van der Waals surface area contributed by atoms with Crippen molar-refractivity contribution in [3.63, 3.8) is 0 Å². The Labute approximate surface area is 130 Å². The summed E-state index contributed by atoms with van der Waals surface area (Å²) in [5.74, 6) is -1.08. The van der Waals surface area contributed by atoms with Gasteiger partial charge in [0.05, 0.1) is 12.5 Å². The third-order valence-electron chi connectivity index (χ3n) is 3.95. The molecule has 0 aliphatic heterocycles. The molecule has 0 spiro atoms. The summed E-state index contributed by atoms with van der Waals surface area (Å²) in [6, 6.07) is 9.93. The number of nitrogens with one attached hydrogen (secondary N) is 1. The highest BCUT2D eigenvalue weighted by Gasteiger charge is 2.30. The summed E-state index contributed by atoms with van der Waals surface area (Å²) >= 11 is 0. The molecule has 120 valence electrons. The molecule has 2 atom stereocenters. The summed E-state index contributed by atoms with van der Waals surface area (Å²) in [5.41, 5.74) is 1.12. The maximum absolute atomic E-state index is 11.8. The molecule has 0 aromatic heterocycles. The van der Waals surface area contributed by atoms with E-state index in [1.165, 1.54) is 0 Å². The Bertz CT molecular complexity index is 489.